The van der Waals surface area contributed by atoms with Gasteiger partial charge >= 0.3 is 0 Å². The highest BCUT2D eigenvalue weighted by Gasteiger charge is 2.23. The van der Waals surface area contributed by atoms with Gasteiger partial charge in [-0.1, -0.05) is 146 Å². The minimum absolute atomic E-state index is 0.926. The number of aromatic nitrogens is 2. The Labute approximate surface area is 321 Å². The molecule has 0 amide bonds. The van der Waals surface area contributed by atoms with E-state index in [2.05, 4.69) is 158 Å². The van der Waals surface area contributed by atoms with Crippen LogP contribution in [0.1, 0.15) is 0 Å². The Kier molecular flexibility index (Phi) is 5.92. The van der Waals surface area contributed by atoms with E-state index in [0.717, 1.165) is 21.8 Å². The van der Waals surface area contributed by atoms with Crippen molar-refractivity contribution in [3.05, 3.63) is 182 Å². The first-order valence-corrected chi connectivity index (χ1v) is 19.3. The molecule has 0 N–H and O–H groups in total. The largest absolute Gasteiger partial charge is 0.254 e. The van der Waals surface area contributed by atoms with Crippen LogP contribution in [-0.4, -0.2) is 9.97 Å². The lowest BCUT2D eigenvalue weighted by Gasteiger charge is -2.21. The Morgan fingerprint density at radius 1 is 0.250 bits per heavy atom. The van der Waals surface area contributed by atoms with Gasteiger partial charge in [-0.15, -0.1) is 0 Å². The van der Waals surface area contributed by atoms with E-state index in [0.29, 0.717) is 0 Å². The SMILES string of the molecule is c1cnc2c(c1)cc(-c1c3ccccc3c(-c3cc4cccc5c6cccc7ccc8cccc(c9cccc3c9c45)c8c76)c3ccccc13)c1cccnc12. The molecule has 2 heteroatoms. The standard InChI is InChI=1S/C54H30N2/c1-3-17-40-38(15-1)50(39-16-2-4-18-41(39)51(40)46-30-34-14-9-27-55-53(34)54-44(46)24-10-28-56-54)45-29-33-13-7-21-36-35-19-5-11-31-25-26-32-12-6-20-37(48(32)47(31)35)42-22-8-23-43(45)52(42)49(33)36/h1-30H. The molecule has 0 aliphatic heterocycles. The fraction of sp³-hybridized carbons (Fsp3) is 0. The van der Waals surface area contributed by atoms with E-state index in [4.69, 9.17) is 9.97 Å². The van der Waals surface area contributed by atoms with Crippen LogP contribution in [0.3, 0.4) is 0 Å². The van der Waals surface area contributed by atoms with Gasteiger partial charge in [0.25, 0.3) is 0 Å². The lowest BCUT2D eigenvalue weighted by molar-refractivity contribution is 1.37. The van der Waals surface area contributed by atoms with E-state index in [1.807, 2.05) is 24.5 Å². The fourth-order valence-electron chi connectivity index (χ4n) is 10.2. The van der Waals surface area contributed by atoms with Crippen LogP contribution in [0.2, 0.25) is 0 Å². The van der Waals surface area contributed by atoms with Crippen molar-refractivity contribution in [3.63, 3.8) is 0 Å². The average Bonchev–Trinajstić information content (AvgIpc) is 3.26. The zero-order chi connectivity index (χ0) is 36.5. The molecular formula is C54H30N2. The smallest absolute Gasteiger partial charge is 0.0970 e. The second-order valence-electron chi connectivity index (χ2n) is 15.2. The predicted molar refractivity (Wildman–Crippen MR) is 239 cm³/mol. The zero-order valence-electron chi connectivity index (χ0n) is 30.2. The van der Waals surface area contributed by atoms with Gasteiger partial charge in [0.1, 0.15) is 0 Å². The van der Waals surface area contributed by atoms with E-state index in [9.17, 15) is 0 Å². The first-order valence-electron chi connectivity index (χ1n) is 19.3. The molecule has 56 heavy (non-hydrogen) atoms. The van der Waals surface area contributed by atoms with Gasteiger partial charge < -0.3 is 0 Å². The summed E-state index contributed by atoms with van der Waals surface area (Å²) in [5.74, 6) is 0. The summed E-state index contributed by atoms with van der Waals surface area (Å²) in [7, 11) is 0. The number of pyridine rings is 2. The minimum atomic E-state index is 0.926. The lowest BCUT2D eigenvalue weighted by atomic mass is 9.81. The molecule has 0 aliphatic rings. The molecule has 13 aromatic rings. The molecule has 13 rings (SSSR count). The molecule has 0 saturated carbocycles. The summed E-state index contributed by atoms with van der Waals surface area (Å²) in [6.07, 6.45) is 3.74. The van der Waals surface area contributed by atoms with Gasteiger partial charge in [-0.25, -0.2) is 0 Å². The summed E-state index contributed by atoms with van der Waals surface area (Å²) in [6.45, 7) is 0. The van der Waals surface area contributed by atoms with Gasteiger partial charge in [0, 0.05) is 23.2 Å². The van der Waals surface area contributed by atoms with Crippen molar-refractivity contribution in [3.8, 4) is 22.3 Å². The van der Waals surface area contributed by atoms with Crippen LogP contribution in [0.25, 0.3) is 130 Å². The van der Waals surface area contributed by atoms with Crippen molar-refractivity contribution < 1.29 is 0 Å². The molecule has 0 radical (unpaired) electrons. The molecule has 0 fully saturated rings. The van der Waals surface area contributed by atoms with Crippen LogP contribution in [0, 0.1) is 0 Å². The molecular weight excluding hydrogens is 677 g/mol. The summed E-state index contributed by atoms with van der Waals surface area (Å²) < 4.78 is 0. The summed E-state index contributed by atoms with van der Waals surface area (Å²) >= 11 is 0. The van der Waals surface area contributed by atoms with E-state index < -0.39 is 0 Å². The Morgan fingerprint density at radius 2 is 0.643 bits per heavy atom. The number of hydrogen-bond acceptors (Lipinski definition) is 2. The molecule has 2 aromatic heterocycles. The maximum atomic E-state index is 4.90. The van der Waals surface area contributed by atoms with Gasteiger partial charge in [-0.05, 0) is 133 Å². The Balaban J connectivity index is 1.24. The van der Waals surface area contributed by atoms with Crippen LogP contribution < -0.4 is 0 Å². The molecule has 0 unspecified atom stereocenters. The third kappa shape index (κ3) is 3.90. The van der Waals surface area contributed by atoms with Crippen molar-refractivity contribution in [2.24, 2.45) is 0 Å². The van der Waals surface area contributed by atoms with Gasteiger partial charge in [0.2, 0.25) is 0 Å². The normalized spacial score (nSPS) is 12.3. The third-order valence-corrected chi connectivity index (χ3v) is 12.4. The van der Waals surface area contributed by atoms with E-state index in [-0.39, 0.29) is 0 Å². The van der Waals surface area contributed by atoms with Gasteiger partial charge in [-0.3, -0.25) is 9.97 Å². The summed E-state index contributed by atoms with van der Waals surface area (Å²) in [5, 5.41) is 22.6. The average molecular weight is 707 g/mol. The second kappa shape index (κ2) is 11.1. The van der Waals surface area contributed by atoms with Crippen LogP contribution >= 0.6 is 0 Å². The highest BCUT2D eigenvalue weighted by atomic mass is 14.7. The zero-order valence-corrected chi connectivity index (χ0v) is 30.2. The number of hydrogen-bond donors (Lipinski definition) is 0. The topological polar surface area (TPSA) is 25.8 Å². The first kappa shape index (κ1) is 30.0. The summed E-state index contributed by atoms with van der Waals surface area (Å²) in [6, 6.07) is 63.2. The molecule has 0 aliphatic carbocycles. The van der Waals surface area contributed by atoms with Gasteiger partial charge in [0.15, 0.2) is 0 Å². The highest BCUT2D eigenvalue weighted by Crippen LogP contribution is 2.50. The lowest BCUT2D eigenvalue weighted by Crippen LogP contribution is -1.95. The van der Waals surface area contributed by atoms with Crippen LogP contribution in [0.15, 0.2) is 182 Å². The van der Waals surface area contributed by atoms with Crippen molar-refractivity contribution >= 4 is 108 Å². The van der Waals surface area contributed by atoms with E-state index in [1.165, 1.54) is 108 Å². The van der Waals surface area contributed by atoms with Crippen molar-refractivity contribution in [1.82, 2.24) is 9.97 Å². The monoisotopic (exact) mass is 706 g/mol. The maximum absolute atomic E-state index is 4.90. The predicted octanol–water partition coefficient (Wildman–Crippen LogP) is 14.8. The van der Waals surface area contributed by atoms with Crippen molar-refractivity contribution in [2.75, 3.05) is 0 Å². The maximum Gasteiger partial charge on any atom is 0.0970 e. The molecule has 0 saturated heterocycles. The number of fused-ring (bicyclic) bond motifs is 7. The highest BCUT2D eigenvalue weighted by molar-refractivity contribution is 6.39. The Morgan fingerprint density at radius 3 is 1.25 bits per heavy atom. The molecule has 0 atom stereocenters. The van der Waals surface area contributed by atoms with Crippen LogP contribution in [0.5, 0.6) is 0 Å². The quantitative estimate of drug-likeness (QED) is 0.132. The molecule has 256 valence electrons. The molecule has 0 bridgehead atoms. The Bertz CT molecular complexity index is 3760. The van der Waals surface area contributed by atoms with Gasteiger partial charge in [0.05, 0.1) is 11.0 Å². The van der Waals surface area contributed by atoms with Crippen molar-refractivity contribution in [2.45, 2.75) is 0 Å². The molecule has 2 nitrogen and oxygen atoms in total. The van der Waals surface area contributed by atoms with Crippen molar-refractivity contribution in [1.29, 1.82) is 0 Å². The first-order chi connectivity index (χ1) is 27.8. The summed E-state index contributed by atoms with van der Waals surface area (Å²) in [5.41, 5.74) is 6.76. The molecule has 0 spiro atoms. The molecule has 2 heterocycles. The Hall–Kier alpha value is -7.42. The third-order valence-electron chi connectivity index (χ3n) is 12.4. The number of nitrogens with zero attached hydrogens (tertiary/aromatic N) is 2. The number of benzene rings is 10. The fourth-order valence-corrected chi connectivity index (χ4v) is 10.2. The van der Waals surface area contributed by atoms with E-state index >= 15 is 0 Å². The van der Waals surface area contributed by atoms with Crippen LogP contribution in [-0.2, 0) is 0 Å². The van der Waals surface area contributed by atoms with E-state index in [1.54, 1.807) is 0 Å². The molecule has 11 aromatic carbocycles. The summed E-state index contributed by atoms with van der Waals surface area (Å²) in [4.78, 5) is 9.68. The number of rotatable bonds is 2. The van der Waals surface area contributed by atoms with Crippen LogP contribution in [0.4, 0.5) is 0 Å². The van der Waals surface area contributed by atoms with Gasteiger partial charge in [-0.2, -0.15) is 0 Å². The minimum Gasteiger partial charge on any atom is -0.254 e. The second-order valence-corrected chi connectivity index (χ2v) is 15.2.